The largest absolute Gasteiger partial charge is 0.493 e. The zero-order valence-corrected chi connectivity index (χ0v) is 21.6. The zero-order chi connectivity index (χ0) is 26.0. The van der Waals surface area contributed by atoms with Gasteiger partial charge in [-0.1, -0.05) is 23.5 Å². The Morgan fingerprint density at radius 2 is 1.53 bits per heavy atom. The average molecular weight is 511 g/mol. The number of allylic oxidation sites excluding steroid dienone is 1. The van der Waals surface area contributed by atoms with E-state index in [1.54, 1.807) is 64.7 Å². The lowest BCUT2D eigenvalue weighted by Crippen LogP contribution is -2.39. The maximum Gasteiger partial charge on any atom is 0.338 e. The predicted octanol–water partition coefficient (Wildman–Crippen LogP) is 2.44. The van der Waals surface area contributed by atoms with Crippen LogP contribution < -0.4 is 33.8 Å². The Hall–Kier alpha value is -4.05. The summed E-state index contributed by atoms with van der Waals surface area (Å²) in [6.07, 6.45) is 1.76. The Bertz CT molecular complexity index is 1530. The monoisotopic (exact) mass is 510 g/mol. The molecule has 0 amide bonds. The second-order valence-corrected chi connectivity index (χ2v) is 8.81. The molecule has 4 rings (SSSR count). The van der Waals surface area contributed by atoms with Crippen molar-refractivity contribution in [3.8, 4) is 23.0 Å². The first-order valence-corrected chi connectivity index (χ1v) is 11.7. The summed E-state index contributed by atoms with van der Waals surface area (Å²) in [5, 5.41) is 0. The third-order valence-electron chi connectivity index (χ3n) is 5.86. The van der Waals surface area contributed by atoms with Gasteiger partial charge in [-0.3, -0.25) is 9.36 Å². The van der Waals surface area contributed by atoms with Gasteiger partial charge in [0.05, 0.1) is 57.4 Å². The van der Waals surface area contributed by atoms with Gasteiger partial charge in [-0.2, -0.15) is 0 Å². The predicted molar refractivity (Wildman–Crippen MR) is 135 cm³/mol. The van der Waals surface area contributed by atoms with Crippen molar-refractivity contribution in [3.05, 3.63) is 78.5 Å². The molecule has 0 N–H and O–H groups in total. The minimum absolute atomic E-state index is 0.273. The second kappa shape index (κ2) is 10.3. The number of thiazole rings is 1. The highest BCUT2D eigenvalue weighted by Crippen LogP contribution is 2.36. The van der Waals surface area contributed by atoms with Gasteiger partial charge in [0.1, 0.15) is 0 Å². The fraction of sp³-hybridized carbons (Fsp3) is 0.269. The molecule has 10 heteroatoms. The molecule has 9 nitrogen and oxygen atoms in total. The van der Waals surface area contributed by atoms with Gasteiger partial charge in [-0.05, 0) is 48.4 Å². The summed E-state index contributed by atoms with van der Waals surface area (Å²) in [5.41, 5.74) is 1.86. The molecule has 188 valence electrons. The summed E-state index contributed by atoms with van der Waals surface area (Å²) in [4.78, 5) is 31.6. The number of esters is 1. The van der Waals surface area contributed by atoms with E-state index >= 15 is 0 Å². The normalized spacial score (nSPS) is 15.2. The first kappa shape index (κ1) is 25.1. The molecule has 1 aliphatic rings. The van der Waals surface area contributed by atoms with Crippen molar-refractivity contribution in [2.75, 3.05) is 35.5 Å². The van der Waals surface area contributed by atoms with E-state index in [4.69, 9.17) is 23.7 Å². The average Bonchev–Trinajstić information content (AvgIpc) is 3.20. The number of aromatic nitrogens is 1. The van der Waals surface area contributed by atoms with Crippen molar-refractivity contribution in [1.29, 1.82) is 0 Å². The van der Waals surface area contributed by atoms with Gasteiger partial charge in [0, 0.05) is 0 Å². The molecule has 0 aliphatic carbocycles. The van der Waals surface area contributed by atoms with E-state index in [9.17, 15) is 9.59 Å². The van der Waals surface area contributed by atoms with Crippen LogP contribution in [0.3, 0.4) is 0 Å². The van der Waals surface area contributed by atoms with Crippen LogP contribution in [0.25, 0.3) is 6.08 Å². The number of methoxy groups -OCH3 is 5. The number of carbonyl (C=O) groups excluding carboxylic acids is 1. The molecular weight excluding hydrogens is 484 g/mol. The third-order valence-corrected chi connectivity index (χ3v) is 6.84. The van der Waals surface area contributed by atoms with Crippen LogP contribution in [0.1, 0.15) is 24.1 Å². The van der Waals surface area contributed by atoms with Gasteiger partial charge in [-0.25, -0.2) is 9.79 Å². The third kappa shape index (κ3) is 4.35. The molecule has 0 saturated carbocycles. The van der Waals surface area contributed by atoms with Crippen LogP contribution in [0.15, 0.2) is 57.5 Å². The standard InChI is InChI=1S/C26H26N2O7S/c1-14-22(25(30)35-6)23(16-8-10-18(32-3)20(13-16)34-5)28-24(29)21(36-26(28)27-14)12-15-7-9-17(31-2)19(11-15)33-4/h7-13,23H,1-6H3. The Kier molecular flexibility index (Phi) is 7.16. The summed E-state index contributed by atoms with van der Waals surface area (Å²) >= 11 is 1.24. The molecule has 3 aromatic rings. The number of benzene rings is 2. The van der Waals surface area contributed by atoms with Gasteiger partial charge < -0.3 is 23.7 Å². The Balaban J connectivity index is 1.95. The lowest BCUT2D eigenvalue weighted by Gasteiger charge is -2.25. The smallest absolute Gasteiger partial charge is 0.338 e. The highest BCUT2D eigenvalue weighted by atomic mass is 32.1. The topological polar surface area (TPSA) is 97.6 Å². The molecule has 2 heterocycles. The van der Waals surface area contributed by atoms with Gasteiger partial charge in [0.15, 0.2) is 27.8 Å². The van der Waals surface area contributed by atoms with Crippen LogP contribution in [0.4, 0.5) is 0 Å². The number of rotatable bonds is 7. The SMILES string of the molecule is COC(=O)C1=C(C)N=c2sc(=Cc3ccc(OC)c(OC)c3)c(=O)n2C1c1ccc(OC)c(OC)c1. The van der Waals surface area contributed by atoms with E-state index in [0.29, 0.717) is 43.6 Å². The maximum atomic E-state index is 13.7. The van der Waals surface area contributed by atoms with Crippen LogP contribution in [-0.4, -0.2) is 46.1 Å². The van der Waals surface area contributed by atoms with E-state index in [2.05, 4.69) is 4.99 Å². The van der Waals surface area contributed by atoms with E-state index in [-0.39, 0.29) is 11.1 Å². The first-order chi connectivity index (χ1) is 17.4. The molecular formula is C26H26N2O7S. The van der Waals surface area contributed by atoms with Crippen LogP contribution in [0, 0.1) is 0 Å². The number of hydrogen-bond acceptors (Lipinski definition) is 9. The Labute approximate surface area is 211 Å². The van der Waals surface area contributed by atoms with Crippen LogP contribution in [0.5, 0.6) is 23.0 Å². The van der Waals surface area contributed by atoms with Gasteiger partial charge in [-0.15, -0.1) is 0 Å². The molecule has 0 fully saturated rings. The number of carbonyl (C=O) groups is 1. The molecule has 1 unspecified atom stereocenters. The van der Waals surface area contributed by atoms with Gasteiger partial charge in [0.25, 0.3) is 5.56 Å². The number of fused-ring (bicyclic) bond motifs is 1. The van der Waals surface area contributed by atoms with Crippen LogP contribution in [0.2, 0.25) is 0 Å². The zero-order valence-electron chi connectivity index (χ0n) is 20.8. The maximum absolute atomic E-state index is 13.7. The van der Waals surface area contributed by atoms with Crippen molar-refractivity contribution in [2.45, 2.75) is 13.0 Å². The molecule has 1 aromatic heterocycles. The van der Waals surface area contributed by atoms with Crippen molar-refractivity contribution < 1.29 is 28.5 Å². The second-order valence-electron chi connectivity index (χ2n) is 7.80. The fourth-order valence-corrected chi connectivity index (χ4v) is 5.17. The summed E-state index contributed by atoms with van der Waals surface area (Å²) in [6.45, 7) is 1.73. The summed E-state index contributed by atoms with van der Waals surface area (Å²) < 4.78 is 28.5. The minimum Gasteiger partial charge on any atom is -0.493 e. The highest BCUT2D eigenvalue weighted by molar-refractivity contribution is 7.07. The minimum atomic E-state index is -0.763. The van der Waals surface area contributed by atoms with Crippen molar-refractivity contribution in [1.82, 2.24) is 4.57 Å². The highest BCUT2D eigenvalue weighted by Gasteiger charge is 2.33. The number of hydrogen-bond donors (Lipinski definition) is 0. The molecule has 1 atom stereocenters. The Morgan fingerprint density at radius 1 is 0.917 bits per heavy atom. The molecule has 2 aromatic carbocycles. The molecule has 1 aliphatic heterocycles. The van der Waals surface area contributed by atoms with Crippen molar-refractivity contribution in [2.24, 2.45) is 4.99 Å². The number of ether oxygens (including phenoxy) is 5. The van der Waals surface area contributed by atoms with E-state index < -0.39 is 12.0 Å². The quantitative estimate of drug-likeness (QED) is 0.451. The molecule has 0 spiro atoms. The molecule has 0 radical (unpaired) electrons. The fourth-order valence-electron chi connectivity index (χ4n) is 4.12. The van der Waals surface area contributed by atoms with Crippen LogP contribution in [-0.2, 0) is 9.53 Å². The first-order valence-electron chi connectivity index (χ1n) is 10.9. The van der Waals surface area contributed by atoms with Crippen molar-refractivity contribution >= 4 is 23.4 Å². The van der Waals surface area contributed by atoms with Crippen LogP contribution >= 0.6 is 11.3 Å². The Morgan fingerprint density at radius 3 is 2.14 bits per heavy atom. The summed E-state index contributed by atoms with van der Waals surface area (Å²) in [5.74, 6) is 1.57. The van der Waals surface area contributed by atoms with E-state index in [1.807, 2.05) is 6.07 Å². The molecule has 0 bridgehead atoms. The van der Waals surface area contributed by atoms with Gasteiger partial charge in [0.2, 0.25) is 0 Å². The molecule has 36 heavy (non-hydrogen) atoms. The summed E-state index contributed by atoms with van der Waals surface area (Å²) in [6, 6.07) is 9.90. The van der Waals surface area contributed by atoms with Crippen molar-refractivity contribution in [3.63, 3.8) is 0 Å². The molecule has 0 saturated heterocycles. The lowest BCUT2D eigenvalue weighted by molar-refractivity contribution is -0.136. The number of nitrogens with zero attached hydrogens (tertiary/aromatic N) is 2. The lowest BCUT2D eigenvalue weighted by atomic mass is 9.95. The van der Waals surface area contributed by atoms with Gasteiger partial charge >= 0.3 is 5.97 Å². The van der Waals surface area contributed by atoms with E-state index in [0.717, 1.165) is 5.56 Å². The summed E-state index contributed by atoms with van der Waals surface area (Å²) in [7, 11) is 7.48. The van der Waals surface area contributed by atoms with E-state index in [1.165, 1.54) is 30.1 Å².